The van der Waals surface area contributed by atoms with Crippen molar-refractivity contribution < 1.29 is 4.92 Å². The third-order valence-corrected chi connectivity index (χ3v) is 4.03. The Morgan fingerprint density at radius 1 is 1.33 bits per heavy atom. The van der Waals surface area contributed by atoms with Crippen molar-refractivity contribution >= 4 is 17.1 Å². The van der Waals surface area contributed by atoms with Crippen molar-refractivity contribution in [2.24, 2.45) is 0 Å². The standard InChI is InChI=1S/C16H17N3O2/c1-11-8-12-4-2-3-5-16(12)18(11)10-13-9-14(19(20)21)6-7-15(13)17/h2-7,9,11H,8,10,17H2,1H3. The minimum Gasteiger partial charge on any atom is -0.398 e. The first-order chi connectivity index (χ1) is 10.1. The SMILES string of the molecule is CC1Cc2ccccc2N1Cc1cc([N+](=O)[O-])ccc1N. The van der Waals surface area contributed by atoms with Gasteiger partial charge >= 0.3 is 0 Å². The fraction of sp³-hybridized carbons (Fsp3) is 0.250. The minimum absolute atomic E-state index is 0.0827. The van der Waals surface area contributed by atoms with Gasteiger partial charge in [-0.1, -0.05) is 18.2 Å². The second-order valence-electron chi connectivity index (χ2n) is 5.45. The Morgan fingerprint density at radius 3 is 2.86 bits per heavy atom. The van der Waals surface area contributed by atoms with Crippen LogP contribution in [0.5, 0.6) is 0 Å². The first-order valence-corrected chi connectivity index (χ1v) is 6.93. The summed E-state index contributed by atoms with van der Waals surface area (Å²) in [5.74, 6) is 0. The molecule has 0 radical (unpaired) electrons. The molecule has 1 atom stereocenters. The van der Waals surface area contributed by atoms with Crippen LogP contribution in [0.4, 0.5) is 17.1 Å². The Hall–Kier alpha value is -2.56. The molecule has 2 aromatic carbocycles. The third-order valence-electron chi connectivity index (χ3n) is 4.03. The van der Waals surface area contributed by atoms with Crippen LogP contribution in [0.3, 0.4) is 0 Å². The summed E-state index contributed by atoms with van der Waals surface area (Å²) in [7, 11) is 0. The molecule has 1 aliphatic rings. The van der Waals surface area contributed by atoms with Crippen molar-refractivity contribution in [1.82, 2.24) is 0 Å². The Bertz CT molecular complexity index is 700. The number of nitrogens with zero attached hydrogens (tertiary/aromatic N) is 2. The summed E-state index contributed by atoms with van der Waals surface area (Å²) >= 11 is 0. The van der Waals surface area contributed by atoms with E-state index in [4.69, 9.17) is 5.73 Å². The molecule has 0 amide bonds. The number of non-ortho nitro benzene ring substituents is 1. The summed E-state index contributed by atoms with van der Waals surface area (Å²) in [6.45, 7) is 2.75. The number of nitro benzene ring substituents is 1. The fourth-order valence-electron chi connectivity index (χ4n) is 2.90. The molecule has 2 N–H and O–H groups in total. The first kappa shape index (κ1) is 13.4. The normalized spacial score (nSPS) is 16.8. The molecule has 0 aromatic heterocycles. The van der Waals surface area contributed by atoms with E-state index >= 15 is 0 Å². The Morgan fingerprint density at radius 2 is 2.10 bits per heavy atom. The maximum absolute atomic E-state index is 10.9. The van der Waals surface area contributed by atoms with Gasteiger partial charge in [-0.25, -0.2) is 0 Å². The van der Waals surface area contributed by atoms with Gasteiger partial charge in [0.2, 0.25) is 0 Å². The van der Waals surface area contributed by atoms with Crippen LogP contribution in [-0.4, -0.2) is 11.0 Å². The van der Waals surface area contributed by atoms with Crippen LogP contribution < -0.4 is 10.6 Å². The molecule has 108 valence electrons. The number of anilines is 2. The number of hydrogen-bond acceptors (Lipinski definition) is 4. The quantitative estimate of drug-likeness (QED) is 0.533. The van der Waals surface area contributed by atoms with Crippen LogP contribution in [-0.2, 0) is 13.0 Å². The van der Waals surface area contributed by atoms with Gasteiger partial charge in [0.05, 0.1) is 4.92 Å². The lowest BCUT2D eigenvalue weighted by atomic mass is 10.1. The maximum atomic E-state index is 10.9. The molecule has 0 aliphatic carbocycles. The molecule has 0 spiro atoms. The average Bonchev–Trinajstić information content (AvgIpc) is 2.77. The van der Waals surface area contributed by atoms with Crippen molar-refractivity contribution in [3.05, 3.63) is 63.7 Å². The fourth-order valence-corrected chi connectivity index (χ4v) is 2.90. The highest BCUT2D eigenvalue weighted by molar-refractivity contribution is 5.61. The second kappa shape index (κ2) is 5.09. The van der Waals surface area contributed by atoms with E-state index in [0.717, 1.165) is 12.0 Å². The van der Waals surface area contributed by atoms with Crippen molar-refractivity contribution in [2.75, 3.05) is 10.6 Å². The zero-order chi connectivity index (χ0) is 15.0. The number of nitro groups is 1. The predicted octanol–water partition coefficient (Wildman–Crippen LogP) is 3.13. The summed E-state index contributed by atoms with van der Waals surface area (Å²) in [6.07, 6.45) is 0.991. The zero-order valence-electron chi connectivity index (χ0n) is 11.8. The highest BCUT2D eigenvalue weighted by atomic mass is 16.6. The molecular formula is C16H17N3O2. The van der Waals surface area contributed by atoms with Gasteiger partial charge < -0.3 is 10.6 Å². The molecule has 1 unspecified atom stereocenters. The van der Waals surface area contributed by atoms with E-state index in [-0.39, 0.29) is 10.6 Å². The van der Waals surface area contributed by atoms with E-state index in [2.05, 4.69) is 24.0 Å². The summed E-state index contributed by atoms with van der Waals surface area (Å²) in [6, 6.07) is 13.3. The van der Waals surface area contributed by atoms with Crippen LogP contribution in [0.1, 0.15) is 18.1 Å². The van der Waals surface area contributed by atoms with Crippen LogP contribution >= 0.6 is 0 Å². The van der Waals surface area contributed by atoms with Gasteiger partial charge in [0.25, 0.3) is 5.69 Å². The molecule has 2 aromatic rings. The summed E-state index contributed by atoms with van der Waals surface area (Å²) in [4.78, 5) is 12.8. The monoisotopic (exact) mass is 283 g/mol. The Kier molecular flexibility index (Phi) is 3.25. The van der Waals surface area contributed by atoms with E-state index in [9.17, 15) is 10.1 Å². The van der Waals surface area contributed by atoms with Crippen LogP contribution in [0, 0.1) is 10.1 Å². The first-order valence-electron chi connectivity index (χ1n) is 6.93. The summed E-state index contributed by atoms with van der Waals surface area (Å²) < 4.78 is 0. The van der Waals surface area contributed by atoms with Crippen molar-refractivity contribution in [3.8, 4) is 0 Å². The summed E-state index contributed by atoms with van der Waals surface area (Å²) in [5.41, 5.74) is 9.96. The predicted molar refractivity (Wildman–Crippen MR) is 83.3 cm³/mol. The number of benzene rings is 2. The van der Waals surface area contributed by atoms with Gasteiger partial charge in [-0.3, -0.25) is 10.1 Å². The number of fused-ring (bicyclic) bond motifs is 1. The average molecular weight is 283 g/mol. The zero-order valence-corrected chi connectivity index (χ0v) is 11.8. The van der Waals surface area contributed by atoms with Gasteiger partial charge in [0.1, 0.15) is 0 Å². The van der Waals surface area contributed by atoms with E-state index in [0.29, 0.717) is 18.3 Å². The number of rotatable bonds is 3. The van der Waals surface area contributed by atoms with Gasteiger partial charge in [0.15, 0.2) is 0 Å². The van der Waals surface area contributed by atoms with E-state index in [1.54, 1.807) is 12.1 Å². The molecule has 0 fully saturated rings. The minimum atomic E-state index is -0.385. The molecule has 3 rings (SSSR count). The van der Waals surface area contributed by atoms with Crippen molar-refractivity contribution in [1.29, 1.82) is 0 Å². The van der Waals surface area contributed by atoms with Gasteiger partial charge in [-0.05, 0) is 31.0 Å². The lowest BCUT2D eigenvalue weighted by molar-refractivity contribution is -0.384. The number of para-hydroxylation sites is 1. The number of hydrogen-bond donors (Lipinski definition) is 1. The van der Waals surface area contributed by atoms with Gasteiger partial charge in [-0.15, -0.1) is 0 Å². The van der Waals surface area contributed by atoms with Gasteiger partial charge in [0, 0.05) is 41.7 Å². The number of nitrogens with two attached hydrogens (primary N) is 1. The van der Waals surface area contributed by atoms with E-state index in [1.807, 2.05) is 12.1 Å². The van der Waals surface area contributed by atoms with Crippen LogP contribution in [0.25, 0.3) is 0 Å². The largest absolute Gasteiger partial charge is 0.398 e. The Balaban J connectivity index is 1.94. The van der Waals surface area contributed by atoms with Crippen molar-refractivity contribution in [3.63, 3.8) is 0 Å². The lowest BCUT2D eigenvalue weighted by Crippen LogP contribution is -2.29. The highest BCUT2D eigenvalue weighted by Crippen LogP contribution is 2.34. The maximum Gasteiger partial charge on any atom is 0.269 e. The van der Waals surface area contributed by atoms with Gasteiger partial charge in [-0.2, -0.15) is 0 Å². The second-order valence-corrected chi connectivity index (χ2v) is 5.45. The Labute approximate surface area is 123 Å². The summed E-state index contributed by atoms with van der Waals surface area (Å²) in [5, 5.41) is 10.9. The third kappa shape index (κ3) is 2.42. The molecule has 5 heteroatoms. The van der Waals surface area contributed by atoms with E-state index in [1.165, 1.54) is 17.3 Å². The molecule has 0 bridgehead atoms. The van der Waals surface area contributed by atoms with E-state index < -0.39 is 0 Å². The topological polar surface area (TPSA) is 72.4 Å². The molecule has 1 aliphatic heterocycles. The highest BCUT2D eigenvalue weighted by Gasteiger charge is 2.26. The molecule has 0 saturated heterocycles. The number of nitrogen functional groups attached to an aromatic ring is 1. The molecular weight excluding hydrogens is 266 g/mol. The smallest absolute Gasteiger partial charge is 0.269 e. The van der Waals surface area contributed by atoms with Crippen molar-refractivity contribution in [2.45, 2.75) is 25.9 Å². The molecule has 21 heavy (non-hydrogen) atoms. The lowest BCUT2D eigenvalue weighted by Gasteiger charge is -2.25. The van der Waals surface area contributed by atoms with Crippen LogP contribution in [0.15, 0.2) is 42.5 Å². The molecule has 5 nitrogen and oxygen atoms in total. The van der Waals surface area contributed by atoms with Crippen LogP contribution in [0.2, 0.25) is 0 Å². The molecule has 0 saturated carbocycles. The molecule has 1 heterocycles.